The molecular weight excluding hydrogens is 418 g/mol. The lowest BCUT2D eigenvalue weighted by atomic mass is 9.97. The van der Waals surface area contributed by atoms with Gasteiger partial charge in [0.1, 0.15) is 6.61 Å². The van der Waals surface area contributed by atoms with Crippen molar-refractivity contribution in [2.24, 2.45) is 5.41 Å². The van der Waals surface area contributed by atoms with E-state index in [4.69, 9.17) is 10.5 Å². The van der Waals surface area contributed by atoms with Crippen LogP contribution in [0.25, 0.3) is 10.4 Å². The van der Waals surface area contributed by atoms with Crippen LogP contribution in [0, 0.1) is 17.3 Å². The molecule has 4 rings (SSSR count). The Kier molecular flexibility index (Phi) is 6.63. The van der Waals surface area contributed by atoms with Gasteiger partial charge >= 0.3 is 0 Å². The summed E-state index contributed by atoms with van der Waals surface area (Å²) in [6.07, 6.45) is 3.68. The number of benzene rings is 1. The number of piperazine rings is 1. The molecule has 1 aliphatic heterocycles. The molecule has 0 amide bonds. The third kappa shape index (κ3) is 5.78. The molecule has 1 saturated heterocycles. The Morgan fingerprint density at radius 3 is 2.75 bits per heavy atom. The molecule has 3 N–H and O–H groups in total. The van der Waals surface area contributed by atoms with Gasteiger partial charge in [0.05, 0.1) is 4.88 Å². The monoisotopic (exact) mass is 447 g/mol. The second-order valence-electron chi connectivity index (χ2n) is 8.84. The maximum Gasteiger partial charge on any atom is 0.185 e. The SMILES string of the molecule is CC(C)(C)C#Cc1cccc(COc2cc(-c3cnc(N4CCNCC4)s3)cnc2N)c1. The number of hydrogen-bond acceptors (Lipinski definition) is 7. The molecule has 0 aliphatic carbocycles. The number of pyridine rings is 1. The Balaban J connectivity index is 1.47. The molecule has 1 aromatic carbocycles. The van der Waals surface area contributed by atoms with Crippen molar-refractivity contribution in [1.82, 2.24) is 15.3 Å². The summed E-state index contributed by atoms with van der Waals surface area (Å²) in [7, 11) is 0. The summed E-state index contributed by atoms with van der Waals surface area (Å²) in [4.78, 5) is 12.3. The molecule has 0 unspecified atom stereocenters. The minimum absolute atomic E-state index is 0.0333. The Bertz CT molecular complexity index is 1130. The average molecular weight is 448 g/mol. The van der Waals surface area contributed by atoms with Crippen LogP contribution in [0.4, 0.5) is 10.9 Å². The molecule has 2 aromatic heterocycles. The highest BCUT2D eigenvalue weighted by Gasteiger charge is 2.15. The van der Waals surface area contributed by atoms with E-state index in [1.165, 1.54) is 0 Å². The fourth-order valence-electron chi connectivity index (χ4n) is 3.27. The molecule has 0 saturated carbocycles. The first kappa shape index (κ1) is 22.1. The van der Waals surface area contributed by atoms with E-state index >= 15 is 0 Å². The number of nitrogens with two attached hydrogens (primary N) is 1. The summed E-state index contributed by atoms with van der Waals surface area (Å²) >= 11 is 1.67. The van der Waals surface area contributed by atoms with Crippen molar-refractivity contribution in [3.8, 4) is 28.0 Å². The van der Waals surface area contributed by atoms with Crippen LogP contribution in [0.1, 0.15) is 31.9 Å². The summed E-state index contributed by atoms with van der Waals surface area (Å²) in [6, 6.07) is 10.0. The van der Waals surface area contributed by atoms with Crippen LogP contribution >= 0.6 is 11.3 Å². The molecule has 0 radical (unpaired) electrons. The number of nitrogens with one attached hydrogen (secondary N) is 1. The van der Waals surface area contributed by atoms with E-state index in [1.807, 2.05) is 30.5 Å². The van der Waals surface area contributed by atoms with Crippen LogP contribution in [-0.4, -0.2) is 36.1 Å². The smallest absolute Gasteiger partial charge is 0.185 e. The van der Waals surface area contributed by atoms with Gasteiger partial charge in [-0.1, -0.05) is 35.3 Å². The maximum atomic E-state index is 6.09. The lowest BCUT2D eigenvalue weighted by Crippen LogP contribution is -2.43. The first-order chi connectivity index (χ1) is 15.4. The van der Waals surface area contributed by atoms with E-state index in [-0.39, 0.29) is 5.41 Å². The molecule has 32 heavy (non-hydrogen) atoms. The fourth-order valence-corrected chi connectivity index (χ4v) is 4.21. The Morgan fingerprint density at radius 1 is 1.16 bits per heavy atom. The first-order valence-corrected chi connectivity index (χ1v) is 11.6. The zero-order valence-electron chi connectivity index (χ0n) is 18.8. The summed E-state index contributed by atoms with van der Waals surface area (Å²) < 4.78 is 6.04. The highest BCUT2D eigenvalue weighted by atomic mass is 32.1. The normalized spacial score (nSPS) is 14.0. The lowest BCUT2D eigenvalue weighted by molar-refractivity contribution is 0.307. The van der Waals surface area contributed by atoms with Crippen molar-refractivity contribution in [3.63, 3.8) is 0 Å². The van der Waals surface area contributed by atoms with Crippen LogP contribution in [0.5, 0.6) is 5.75 Å². The van der Waals surface area contributed by atoms with Gasteiger partial charge < -0.3 is 20.7 Å². The number of nitrogens with zero attached hydrogens (tertiary/aromatic N) is 3. The van der Waals surface area contributed by atoms with Gasteiger partial charge in [0.2, 0.25) is 0 Å². The van der Waals surface area contributed by atoms with Gasteiger partial charge in [0.15, 0.2) is 16.7 Å². The predicted octanol–water partition coefficient (Wildman–Crippen LogP) is 4.17. The van der Waals surface area contributed by atoms with Crippen LogP contribution in [0.3, 0.4) is 0 Å². The molecule has 0 atom stereocenters. The Labute approximate surface area is 193 Å². The van der Waals surface area contributed by atoms with Crippen molar-refractivity contribution in [3.05, 3.63) is 53.9 Å². The molecular formula is C25H29N5OS. The molecule has 1 fully saturated rings. The van der Waals surface area contributed by atoms with Gasteiger partial charge in [-0.2, -0.15) is 0 Å². The third-order valence-corrected chi connectivity index (χ3v) is 6.06. The summed E-state index contributed by atoms with van der Waals surface area (Å²) in [5, 5.41) is 4.40. The van der Waals surface area contributed by atoms with Crippen LogP contribution in [0.2, 0.25) is 0 Å². The van der Waals surface area contributed by atoms with Crippen molar-refractivity contribution in [2.75, 3.05) is 36.8 Å². The third-order valence-electron chi connectivity index (χ3n) is 4.95. The van der Waals surface area contributed by atoms with E-state index < -0.39 is 0 Å². The largest absolute Gasteiger partial charge is 0.485 e. The maximum absolute atomic E-state index is 6.09. The van der Waals surface area contributed by atoms with Crippen LogP contribution in [0.15, 0.2) is 42.7 Å². The van der Waals surface area contributed by atoms with Crippen molar-refractivity contribution < 1.29 is 4.74 Å². The van der Waals surface area contributed by atoms with Gasteiger partial charge in [0, 0.05) is 55.1 Å². The molecule has 1 aliphatic rings. The number of thiazole rings is 1. The summed E-state index contributed by atoms with van der Waals surface area (Å²) in [5.41, 5.74) is 9.03. The Hall–Kier alpha value is -3.08. The number of rotatable bonds is 5. The van der Waals surface area contributed by atoms with Crippen molar-refractivity contribution >= 4 is 22.3 Å². The van der Waals surface area contributed by atoms with Crippen LogP contribution < -0.4 is 20.7 Å². The number of hydrogen-bond donors (Lipinski definition) is 2. The van der Waals surface area contributed by atoms with E-state index in [0.29, 0.717) is 18.2 Å². The molecule has 0 spiro atoms. The first-order valence-electron chi connectivity index (χ1n) is 10.8. The van der Waals surface area contributed by atoms with Gasteiger partial charge in [0.25, 0.3) is 0 Å². The number of nitrogen functional groups attached to an aromatic ring is 1. The molecule has 0 bridgehead atoms. The van der Waals surface area contributed by atoms with E-state index in [2.05, 4.69) is 58.9 Å². The second-order valence-corrected chi connectivity index (χ2v) is 9.85. The standard InChI is InChI=1S/C25H29N5OS/c1-25(2,3)8-7-18-5-4-6-19(13-18)17-31-21-14-20(15-28-23(21)26)22-16-29-24(32-22)30-11-9-27-10-12-30/h4-6,13-16,27H,9-12,17H2,1-3H3,(H2,26,28). The quantitative estimate of drug-likeness (QED) is 0.572. The predicted molar refractivity (Wildman–Crippen MR) is 132 cm³/mol. The summed E-state index contributed by atoms with van der Waals surface area (Å²) in [6.45, 7) is 10.6. The molecule has 3 heterocycles. The fraction of sp³-hybridized carbons (Fsp3) is 0.360. The van der Waals surface area contributed by atoms with Crippen molar-refractivity contribution in [2.45, 2.75) is 27.4 Å². The van der Waals surface area contributed by atoms with E-state index in [0.717, 1.165) is 52.9 Å². The van der Waals surface area contributed by atoms with Gasteiger partial charge in [-0.05, 0) is 44.5 Å². The van der Waals surface area contributed by atoms with E-state index in [9.17, 15) is 0 Å². The van der Waals surface area contributed by atoms with Crippen LogP contribution in [-0.2, 0) is 6.61 Å². The Morgan fingerprint density at radius 2 is 1.97 bits per heavy atom. The van der Waals surface area contributed by atoms with Gasteiger partial charge in [-0.3, -0.25) is 0 Å². The number of ether oxygens (including phenoxy) is 1. The minimum atomic E-state index is -0.0333. The molecule has 6 nitrogen and oxygen atoms in total. The van der Waals surface area contributed by atoms with Gasteiger partial charge in [-0.25, -0.2) is 9.97 Å². The minimum Gasteiger partial charge on any atom is -0.485 e. The molecule has 166 valence electrons. The molecule has 3 aromatic rings. The number of anilines is 2. The summed E-state index contributed by atoms with van der Waals surface area (Å²) in [5.74, 6) is 7.46. The molecule has 7 heteroatoms. The van der Waals surface area contributed by atoms with E-state index in [1.54, 1.807) is 17.5 Å². The zero-order chi connectivity index (χ0) is 22.6. The second kappa shape index (κ2) is 9.60. The highest BCUT2D eigenvalue weighted by Crippen LogP contribution is 2.34. The highest BCUT2D eigenvalue weighted by molar-refractivity contribution is 7.18. The zero-order valence-corrected chi connectivity index (χ0v) is 19.6. The average Bonchev–Trinajstić information content (AvgIpc) is 3.28. The van der Waals surface area contributed by atoms with Gasteiger partial charge in [-0.15, -0.1) is 0 Å². The van der Waals surface area contributed by atoms with Crippen molar-refractivity contribution in [1.29, 1.82) is 0 Å². The number of aromatic nitrogens is 2. The lowest BCUT2D eigenvalue weighted by Gasteiger charge is -2.26. The topological polar surface area (TPSA) is 76.3 Å².